The Morgan fingerprint density at radius 1 is 1.18 bits per heavy atom. The van der Waals surface area contributed by atoms with Crippen molar-refractivity contribution in [1.82, 2.24) is 5.32 Å². The Bertz CT molecular complexity index is 899. The lowest BCUT2D eigenvalue weighted by atomic mass is 10.0. The third kappa shape index (κ3) is 5.29. The van der Waals surface area contributed by atoms with Gasteiger partial charge in [-0.1, -0.05) is 24.3 Å². The number of hydrogen-bond acceptors (Lipinski definition) is 5. The number of esters is 1. The molecule has 1 atom stereocenters. The Morgan fingerprint density at radius 3 is 2.46 bits per heavy atom. The van der Waals surface area contributed by atoms with E-state index in [9.17, 15) is 32.9 Å². The van der Waals surface area contributed by atoms with Gasteiger partial charge in [0.05, 0.1) is 17.6 Å². The van der Waals surface area contributed by atoms with Crippen molar-refractivity contribution in [1.29, 1.82) is 0 Å². The van der Waals surface area contributed by atoms with Gasteiger partial charge < -0.3 is 10.1 Å². The fraction of sp³-hybridized carbons (Fsp3) is 0.222. The van der Waals surface area contributed by atoms with E-state index in [1.54, 1.807) is 0 Å². The number of methoxy groups -OCH3 is 1. The van der Waals surface area contributed by atoms with Crippen molar-refractivity contribution in [2.45, 2.75) is 18.6 Å². The second-order valence-electron chi connectivity index (χ2n) is 5.76. The summed E-state index contributed by atoms with van der Waals surface area (Å²) in [5, 5.41) is 13.2. The lowest BCUT2D eigenvalue weighted by Crippen LogP contribution is -2.43. The molecule has 0 heterocycles. The number of alkyl halides is 3. The summed E-state index contributed by atoms with van der Waals surface area (Å²) in [4.78, 5) is 34.4. The third-order valence-electron chi connectivity index (χ3n) is 3.80. The van der Waals surface area contributed by atoms with E-state index in [0.717, 1.165) is 25.3 Å². The highest BCUT2D eigenvalue weighted by Gasteiger charge is 2.31. The predicted octanol–water partition coefficient (Wildman–Crippen LogP) is 3.13. The van der Waals surface area contributed by atoms with Crippen LogP contribution in [0, 0.1) is 10.1 Å². The Kier molecular flexibility index (Phi) is 6.34. The molecular formula is C18H15F3N2O5. The molecule has 0 aliphatic rings. The molecule has 0 spiro atoms. The summed E-state index contributed by atoms with van der Waals surface area (Å²) in [5.74, 6) is -1.66. The molecular weight excluding hydrogens is 381 g/mol. The minimum absolute atomic E-state index is 0.0767. The number of nitro groups is 1. The maximum Gasteiger partial charge on any atom is 0.416 e. The quantitative estimate of drug-likeness (QED) is 0.460. The van der Waals surface area contributed by atoms with Crippen molar-refractivity contribution in [2.24, 2.45) is 0 Å². The van der Waals surface area contributed by atoms with Gasteiger partial charge in [0.15, 0.2) is 0 Å². The zero-order valence-corrected chi connectivity index (χ0v) is 14.5. The van der Waals surface area contributed by atoms with Crippen LogP contribution in [0.5, 0.6) is 0 Å². The molecule has 0 bridgehead atoms. The van der Waals surface area contributed by atoms with Crippen LogP contribution < -0.4 is 5.32 Å². The molecule has 2 aromatic carbocycles. The number of rotatable bonds is 6. The van der Waals surface area contributed by atoms with Gasteiger partial charge in [-0.3, -0.25) is 14.9 Å². The predicted molar refractivity (Wildman–Crippen MR) is 91.5 cm³/mol. The maximum atomic E-state index is 12.8. The number of carbonyl (C=O) groups is 2. The molecule has 0 aliphatic heterocycles. The van der Waals surface area contributed by atoms with Gasteiger partial charge in [-0.05, 0) is 17.7 Å². The summed E-state index contributed by atoms with van der Waals surface area (Å²) in [6.45, 7) is 0. The first-order valence-corrected chi connectivity index (χ1v) is 7.91. The summed E-state index contributed by atoms with van der Waals surface area (Å²) < 4.78 is 43.1. The summed E-state index contributed by atoms with van der Waals surface area (Å²) in [6, 6.07) is 7.87. The zero-order chi connectivity index (χ0) is 20.9. The molecule has 148 valence electrons. The van der Waals surface area contributed by atoms with Gasteiger partial charge in [0.1, 0.15) is 6.04 Å². The van der Waals surface area contributed by atoms with Gasteiger partial charge >= 0.3 is 12.1 Å². The van der Waals surface area contributed by atoms with E-state index in [1.165, 1.54) is 30.3 Å². The van der Waals surface area contributed by atoms with Crippen LogP contribution in [0.15, 0.2) is 48.5 Å². The van der Waals surface area contributed by atoms with Crippen molar-refractivity contribution >= 4 is 17.6 Å². The van der Waals surface area contributed by atoms with Crippen LogP contribution in [0.4, 0.5) is 18.9 Å². The van der Waals surface area contributed by atoms with Crippen LogP contribution in [0.2, 0.25) is 0 Å². The Hall–Kier alpha value is -3.43. The first kappa shape index (κ1) is 20.9. The fourth-order valence-corrected chi connectivity index (χ4v) is 2.45. The molecule has 7 nitrogen and oxygen atoms in total. The Balaban J connectivity index is 2.23. The van der Waals surface area contributed by atoms with Crippen molar-refractivity contribution in [3.8, 4) is 0 Å². The molecule has 2 rings (SSSR count). The zero-order valence-electron chi connectivity index (χ0n) is 14.5. The molecule has 0 saturated heterocycles. The first-order valence-electron chi connectivity index (χ1n) is 7.91. The fourth-order valence-electron chi connectivity index (χ4n) is 2.45. The molecule has 0 unspecified atom stereocenters. The number of ether oxygens (including phenoxy) is 1. The molecule has 10 heteroatoms. The largest absolute Gasteiger partial charge is 0.467 e. The molecule has 0 aromatic heterocycles. The molecule has 2 aromatic rings. The van der Waals surface area contributed by atoms with Gasteiger partial charge in [-0.2, -0.15) is 13.2 Å². The average molecular weight is 396 g/mol. The standard InChI is InChI=1S/C18H15F3N2O5/c1-28-17(25)15(9-11-4-2-6-13(8-11)18(19,20)21)22-16(24)12-5-3-7-14(10-12)23(26)27/h2-8,10,15H,9H2,1H3,(H,22,24)/t15-/m1/s1. The van der Waals surface area contributed by atoms with Gasteiger partial charge in [0, 0.05) is 24.1 Å². The highest BCUT2D eigenvalue weighted by molar-refractivity contribution is 5.97. The molecule has 1 N–H and O–H groups in total. The highest BCUT2D eigenvalue weighted by Crippen LogP contribution is 2.29. The number of amides is 1. The number of hydrogen-bond donors (Lipinski definition) is 1. The normalized spacial score (nSPS) is 12.1. The molecule has 0 aliphatic carbocycles. The smallest absolute Gasteiger partial charge is 0.416 e. The topological polar surface area (TPSA) is 98.5 Å². The van der Waals surface area contributed by atoms with E-state index >= 15 is 0 Å². The second-order valence-corrected chi connectivity index (χ2v) is 5.76. The molecule has 28 heavy (non-hydrogen) atoms. The molecule has 0 fully saturated rings. The number of nitrogens with zero attached hydrogens (tertiary/aromatic N) is 1. The average Bonchev–Trinajstić information content (AvgIpc) is 2.66. The molecule has 0 radical (unpaired) electrons. The summed E-state index contributed by atoms with van der Waals surface area (Å²) in [7, 11) is 1.07. The lowest BCUT2D eigenvalue weighted by molar-refractivity contribution is -0.384. The van der Waals surface area contributed by atoms with Crippen LogP contribution in [-0.4, -0.2) is 30.0 Å². The summed E-state index contributed by atoms with van der Waals surface area (Å²) >= 11 is 0. The van der Waals surface area contributed by atoms with E-state index in [4.69, 9.17) is 0 Å². The monoisotopic (exact) mass is 396 g/mol. The number of nitrogens with one attached hydrogen (secondary N) is 1. The van der Waals surface area contributed by atoms with E-state index in [-0.39, 0.29) is 23.2 Å². The van der Waals surface area contributed by atoms with E-state index in [0.29, 0.717) is 0 Å². The third-order valence-corrected chi connectivity index (χ3v) is 3.80. The first-order chi connectivity index (χ1) is 13.1. The van der Waals surface area contributed by atoms with Gasteiger partial charge in [-0.25, -0.2) is 4.79 Å². The number of non-ortho nitro benzene ring substituents is 1. The maximum absolute atomic E-state index is 12.8. The van der Waals surface area contributed by atoms with E-state index in [1.807, 2.05) is 0 Å². The minimum Gasteiger partial charge on any atom is -0.467 e. The lowest BCUT2D eigenvalue weighted by Gasteiger charge is -2.17. The van der Waals surface area contributed by atoms with Gasteiger partial charge in [-0.15, -0.1) is 0 Å². The van der Waals surface area contributed by atoms with E-state index in [2.05, 4.69) is 10.1 Å². The number of nitro benzene ring substituents is 1. The van der Waals surface area contributed by atoms with Crippen LogP contribution in [0.25, 0.3) is 0 Å². The van der Waals surface area contributed by atoms with Crippen LogP contribution >= 0.6 is 0 Å². The Morgan fingerprint density at radius 2 is 1.86 bits per heavy atom. The SMILES string of the molecule is COC(=O)[C@@H](Cc1cccc(C(F)(F)F)c1)NC(=O)c1cccc([N+](=O)[O-])c1. The van der Waals surface area contributed by atoms with Crippen LogP contribution in [-0.2, 0) is 22.1 Å². The van der Waals surface area contributed by atoms with E-state index < -0.39 is 34.6 Å². The van der Waals surface area contributed by atoms with Crippen LogP contribution in [0.1, 0.15) is 21.5 Å². The van der Waals surface area contributed by atoms with Crippen molar-refractivity contribution < 1.29 is 32.4 Å². The van der Waals surface area contributed by atoms with Crippen molar-refractivity contribution in [2.75, 3.05) is 7.11 Å². The number of carbonyl (C=O) groups excluding carboxylic acids is 2. The molecule has 0 saturated carbocycles. The Labute approximate surface area is 157 Å². The van der Waals surface area contributed by atoms with Crippen molar-refractivity contribution in [3.05, 3.63) is 75.3 Å². The van der Waals surface area contributed by atoms with Gasteiger partial charge in [0.2, 0.25) is 0 Å². The highest BCUT2D eigenvalue weighted by atomic mass is 19.4. The van der Waals surface area contributed by atoms with Crippen molar-refractivity contribution in [3.63, 3.8) is 0 Å². The summed E-state index contributed by atoms with van der Waals surface area (Å²) in [6.07, 6.45) is -4.81. The molecule has 1 amide bonds. The second kappa shape index (κ2) is 8.51. The van der Waals surface area contributed by atoms with Gasteiger partial charge in [0.25, 0.3) is 11.6 Å². The summed E-state index contributed by atoms with van der Waals surface area (Å²) in [5.41, 5.74) is -1.13. The van der Waals surface area contributed by atoms with Crippen LogP contribution in [0.3, 0.4) is 0 Å². The number of benzene rings is 2. The minimum atomic E-state index is -4.55. The number of halogens is 3.